The van der Waals surface area contributed by atoms with E-state index in [0.717, 1.165) is 6.42 Å². The molecule has 0 aliphatic rings. The van der Waals surface area contributed by atoms with Gasteiger partial charge in [0.05, 0.1) is 22.9 Å². The number of anilines is 1. The quantitative estimate of drug-likeness (QED) is 0.491. The molecule has 3 aromatic rings. The van der Waals surface area contributed by atoms with Gasteiger partial charge in [-0.2, -0.15) is 5.10 Å². The summed E-state index contributed by atoms with van der Waals surface area (Å²) in [6.07, 6.45) is 0.879. The summed E-state index contributed by atoms with van der Waals surface area (Å²) in [6.45, 7) is 4.40. The van der Waals surface area contributed by atoms with Gasteiger partial charge in [-0.05, 0) is 43.7 Å². The lowest BCUT2D eigenvalue weighted by Gasteiger charge is -2.10. The molecular weight excluding hydrogens is 360 g/mol. The predicted molar refractivity (Wildman–Crippen MR) is 105 cm³/mol. The number of hydrogen-bond acceptors (Lipinski definition) is 5. The van der Waals surface area contributed by atoms with Crippen LogP contribution in [0.3, 0.4) is 0 Å². The monoisotopic (exact) mass is 380 g/mol. The molecule has 0 bridgehead atoms. The van der Waals surface area contributed by atoms with Crippen molar-refractivity contribution in [3.05, 3.63) is 76.0 Å². The molecule has 8 nitrogen and oxygen atoms in total. The number of carbonyl (C=O) groups is 1. The summed E-state index contributed by atoms with van der Waals surface area (Å²) >= 11 is 0. The number of hydrogen-bond donors (Lipinski definition) is 1. The van der Waals surface area contributed by atoms with Crippen LogP contribution in [0.15, 0.2) is 54.6 Å². The summed E-state index contributed by atoms with van der Waals surface area (Å²) in [5.41, 5.74) is 1.76. The van der Waals surface area contributed by atoms with Gasteiger partial charge in [-0.1, -0.05) is 13.0 Å². The SMILES string of the molecule is CCCOc1cccc(C(=O)Nc2cc(C)nn2-c2ccc([N+](=O)[O-])cc2)c1. The Hall–Kier alpha value is -3.68. The molecule has 0 saturated carbocycles. The number of nitrogens with one attached hydrogen (secondary N) is 1. The van der Waals surface area contributed by atoms with E-state index in [1.54, 1.807) is 49.4 Å². The number of rotatable bonds is 7. The number of nitro groups is 1. The lowest BCUT2D eigenvalue weighted by atomic mass is 10.2. The van der Waals surface area contributed by atoms with Crippen LogP contribution in [0.2, 0.25) is 0 Å². The van der Waals surface area contributed by atoms with Gasteiger partial charge in [0.1, 0.15) is 11.6 Å². The Morgan fingerprint density at radius 2 is 1.96 bits per heavy atom. The number of ether oxygens (including phenoxy) is 1. The summed E-state index contributed by atoms with van der Waals surface area (Å²) < 4.78 is 7.11. The number of aromatic nitrogens is 2. The number of non-ortho nitro benzene ring substituents is 1. The minimum absolute atomic E-state index is 0.0119. The number of carbonyl (C=O) groups excluding carboxylic acids is 1. The summed E-state index contributed by atoms with van der Waals surface area (Å²) in [6, 6.07) is 14.6. The van der Waals surface area contributed by atoms with Crippen molar-refractivity contribution in [1.29, 1.82) is 0 Å². The Labute approximate surface area is 161 Å². The summed E-state index contributed by atoms with van der Waals surface area (Å²) in [4.78, 5) is 23.0. The number of aryl methyl sites for hydroxylation is 1. The van der Waals surface area contributed by atoms with Gasteiger partial charge in [0.2, 0.25) is 0 Å². The van der Waals surface area contributed by atoms with Gasteiger partial charge in [-0.25, -0.2) is 4.68 Å². The van der Waals surface area contributed by atoms with E-state index in [-0.39, 0.29) is 11.6 Å². The third kappa shape index (κ3) is 4.35. The average Bonchev–Trinajstić information content (AvgIpc) is 3.06. The van der Waals surface area contributed by atoms with Crippen molar-refractivity contribution in [3.63, 3.8) is 0 Å². The van der Waals surface area contributed by atoms with E-state index in [1.165, 1.54) is 16.8 Å². The van der Waals surface area contributed by atoms with E-state index in [1.807, 2.05) is 6.92 Å². The highest BCUT2D eigenvalue weighted by atomic mass is 16.6. The maximum absolute atomic E-state index is 12.7. The Morgan fingerprint density at radius 1 is 1.21 bits per heavy atom. The second kappa shape index (κ2) is 8.34. The van der Waals surface area contributed by atoms with Crippen molar-refractivity contribution < 1.29 is 14.5 Å². The van der Waals surface area contributed by atoms with Crippen molar-refractivity contribution >= 4 is 17.4 Å². The lowest BCUT2D eigenvalue weighted by Crippen LogP contribution is -2.15. The minimum Gasteiger partial charge on any atom is -0.494 e. The third-order valence-corrected chi connectivity index (χ3v) is 3.95. The van der Waals surface area contributed by atoms with Crippen LogP contribution in [-0.4, -0.2) is 27.2 Å². The van der Waals surface area contributed by atoms with Crippen molar-refractivity contribution in [2.75, 3.05) is 11.9 Å². The van der Waals surface area contributed by atoms with Crippen molar-refractivity contribution in [1.82, 2.24) is 9.78 Å². The van der Waals surface area contributed by atoms with Crippen molar-refractivity contribution in [3.8, 4) is 11.4 Å². The van der Waals surface area contributed by atoms with Gasteiger partial charge < -0.3 is 10.1 Å². The van der Waals surface area contributed by atoms with Crippen LogP contribution in [0.5, 0.6) is 5.75 Å². The number of nitro benzene ring substituents is 1. The van der Waals surface area contributed by atoms with Crippen LogP contribution in [0.25, 0.3) is 5.69 Å². The van der Waals surface area contributed by atoms with E-state index < -0.39 is 4.92 Å². The molecule has 1 aromatic heterocycles. The molecule has 2 aromatic carbocycles. The van der Waals surface area contributed by atoms with Crippen LogP contribution in [0.1, 0.15) is 29.4 Å². The molecule has 3 rings (SSSR count). The van der Waals surface area contributed by atoms with Gasteiger partial charge in [0.15, 0.2) is 0 Å². The Morgan fingerprint density at radius 3 is 2.64 bits per heavy atom. The summed E-state index contributed by atoms with van der Waals surface area (Å²) in [5, 5.41) is 18.0. The smallest absolute Gasteiger partial charge is 0.269 e. The molecule has 0 aliphatic carbocycles. The van der Waals surface area contributed by atoms with Gasteiger partial charge in [0.25, 0.3) is 11.6 Å². The van der Waals surface area contributed by atoms with E-state index in [0.29, 0.717) is 35.1 Å². The summed E-state index contributed by atoms with van der Waals surface area (Å²) in [5.74, 6) is 0.802. The Kier molecular flexibility index (Phi) is 5.69. The molecule has 28 heavy (non-hydrogen) atoms. The molecule has 0 spiro atoms. The highest BCUT2D eigenvalue weighted by Crippen LogP contribution is 2.21. The molecule has 0 atom stereocenters. The van der Waals surface area contributed by atoms with Crippen LogP contribution < -0.4 is 10.1 Å². The average molecular weight is 380 g/mol. The molecule has 8 heteroatoms. The second-order valence-corrected chi connectivity index (χ2v) is 6.19. The Bertz CT molecular complexity index is 996. The normalized spacial score (nSPS) is 10.5. The maximum atomic E-state index is 12.7. The molecule has 1 N–H and O–H groups in total. The van der Waals surface area contributed by atoms with Crippen molar-refractivity contribution in [2.45, 2.75) is 20.3 Å². The van der Waals surface area contributed by atoms with E-state index in [4.69, 9.17) is 4.74 Å². The topological polar surface area (TPSA) is 99.3 Å². The fourth-order valence-electron chi connectivity index (χ4n) is 2.64. The third-order valence-electron chi connectivity index (χ3n) is 3.95. The van der Waals surface area contributed by atoms with E-state index in [2.05, 4.69) is 10.4 Å². The van der Waals surface area contributed by atoms with Crippen LogP contribution >= 0.6 is 0 Å². The van der Waals surface area contributed by atoms with Gasteiger partial charge in [0, 0.05) is 23.8 Å². The molecule has 144 valence electrons. The van der Waals surface area contributed by atoms with E-state index >= 15 is 0 Å². The summed E-state index contributed by atoms with van der Waals surface area (Å²) in [7, 11) is 0. The standard InChI is InChI=1S/C20H20N4O4/c1-3-11-28-18-6-4-5-15(13-18)20(25)21-19-12-14(2)22-23(19)16-7-9-17(10-8-16)24(26)27/h4-10,12-13H,3,11H2,1-2H3,(H,21,25). The second-order valence-electron chi connectivity index (χ2n) is 6.19. The first-order valence-electron chi connectivity index (χ1n) is 8.83. The molecule has 1 amide bonds. The van der Waals surface area contributed by atoms with Gasteiger partial charge in [-0.15, -0.1) is 0 Å². The zero-order chi connectivity index (χ0) is 20.1. The first-order valence-corrected chi connectivity index (χ1v) is 8.83. The van der Waals surface area contributed by atoms with Crippen LogP contribution in [-0.2, 0) is 0 Å². The highest BCUT2D eigenvalue weighted by Gasteiger charge is 2.14. The Balaban J connectivity index is 1.83. The number of benzene rings is 2. The molecule has 0 fully saturated rings. The van der Waals surface area contributed by atoms with Crippen molar-refractivity contribution in [2.24, 2.45) is 0 Å². The fraction of sp³-hybridized carbons (Fsp3) is 0.200. The molecule has 0 aliphatic heterocycles. The highest BCUT2D eigenvalue weighted by molar-refractivity contribution is 6.04. The molecule has 0 saturated heterocycles. The minimum atomic E-state index is -0.464. The fourth-order valence-corrected chi connectivity index (χ4v) is 2.64. The van der Waals surface area contributed by atoms with Crippen LogP contribution in [0.4, 0.5) is 11.5 Å². The largest absolute Gasteiger partial charge is 0.494 e. The number of nitrogens with zero attached hydrogens (tertiary/aromatic N) is 3. The molecule has 0 unspecified atom stereocenters. The molecule has 0 radical (unpaired) electrons. The van der Waals surface area contributed by atoms with E-state index in [9.17, 15) is 14.9 Å². The molecular formula is C20H20N4O4. The first-order chi connectivity index (χ1) is 13.5. The lowest BCUT2D eigenvalue weighted by molar-refractivity contribution is -0.384. The first kappa shape index (κ1) is 19.1. The maximum Gasteiger partial charge on any atom is 0.269 e. The predicted octanol–water partition coefficient (Wildman–Crippen LogP) is 4.13. The molecule has 1 heterocycles. The van der Waals surface area contributed by atoms with Gasteiger partial charge in [-0.3, -0.25) is 14.9 Å². The van der Waals surface area contributed by atoms with Crippen LogP contribution in [0, 0.1) is 17.0 Å². The zero-order valence-corrected chi connectivity index (χ0v) is 15.6. The van der Waals surface area contributed by atoms with Gasteiger partial charge >= 0.3 is 0 Å². The zero-order valence-electron chi connectivity index (χ0n) is 15.6. The number of amides is 1.